The molecule has 224 valence electrons. The quantitative estimate of drug-likeness (QED) is 0.123. The molecule has 0 aromatic heterocycles. The predicted molar refractivity (Wildman–Crippen MR) is 163 cm³/mol. The summed E-state index contributed by atoms with van der Waals surface area (Å²) < 4.78 is 5.02. The third kappa shape index (κ3) is 5.68. The van der Waals surface area contributed by atoms with E-state index in [0.717, 1.165) is 51.4 Å². The van der Waals surface area contributed by atoms with Crippen LogP contribution in [0.25, 0.3) is 0 Å². The monoisotopic (exact) mass is 638 g/mol. The van der Waals surface area contributed by atoms with Gasteiger partial charge in [0.15, 0.2) is 0 Å². The lowest BCUT2D eigenvalue weighted by molar-refractivity contribution is -0.155. The molecule has 2 amide bonds. The fourth-order valence-corrected chi connectivity index (χ4v) is 11.1. The number of thioether (sulfide) groups is 1. The molecule has 9 heteroatoms. The topological polar surface area (TPSA) is 87.2 Å². The lowest BCUT2D eigenvalue weighted by Gasteiger charge is -2.43. The maximum atomic E-state index is 14.8. The highest BCUT2D eigenvalue weighted by atomic mass is 79.9. The number of esters is 1. The van der Waals surface area contributed by atoms with Gasteiger partial charge in [-0.15, -0.1) is 24.9 Å². The summed E-state index contributed by atoms with van der Waals surface area (Å²) in [6.45, 7) is 12.3. The minimum atomic E-state index is -0.742. The molecule has 3 saturated heterocycles. The molecule has 1 saturated carbocycles. The molecule has 8 atom stereocenters. The summed E-state index contributed by atoms with van der Waals surface area (Å²) in [5, 5.41) is 10.5. The molecule has 4 rings (SSSR count). The van der Waals surface area contributed by atoms with Crippen molar-refractivity contribution in [3.05, 3.63) is 25.3 Å². The Labute approximate surface area is 252 Å². The van der Waals surface area contributed by atoms with Crippen LogP contribution in [0.5, 0.6) is 0 Å². The number of rotatable bonds is 14. The Morgan fingerprint density at radius 3 is 2.60 bits per heavy atom. The van der Waals surface area contributed by atoms with Gasteiger partial charge >= 0.3 is 5.97 Å². The van der Waals surface area contributed by atoms with Crippen LogP contribution in [0.3, 0.4) is 0 Å². The molecule has 0 radical (unpaired) electrons. The molecule has 3 unspecified atom stereocenters. The molecule has 4 fully saturated rings. The number of carbonyl (C=O) groups excluding carboxylic acids is 3. The van der Waals surface area contributed by atoms with Crippen molar-refractivity contribution in [2.75, 3.05) is 19.8 Å². The summed E-state index contributed by atoms with van der Waals surface area (Å²) in [5.74, 6) is -1.83. The Morgan fingerprint density at radius 1 is 1.25 bits per heavy atom. The van der Waals surface area contributed by atoms with Crippen LogP contribution >= 0.6 is 27.7 Å². The maximum Gasteiger partial charge on any atom is 0.310 e. The number of likely N-dealkylation sites (tertiary alicyclic amines) is 1. The fraction of sp³-hybridized carbons (Fsp3) is 0.774. The Hall–Kier alpha value is -1.32. The molecule has 3 heterocycles. The Balaban J connectivity index is 1.72. The van der Waals surface area contributed by atoms with Crippen molar-refractivity contribution in [2.24, 2.45) is 17.8 Å². The third-order valence-corrected chi connectivity index (χ3v) is 13.0. The van der Waals surface area contributed by atoms with Crippen LogP contribution in [0, 0.1) is 17.8 Å². The van der Waals surface area contributed by atoms with Crippen LogP contribution in [0.1, 0.15) is 78.1 Å². The van der Waals surface area contributed by atoms with Crippen LogP contribution in [-0.2, 0) is 19.1 Å². The van der Waals surface area contributed by atoms with Crippen LogP contribution in [-0.4, -0.2) is 85.4 Å². The summed E-state index contributed by atoms with van der Waals surface area (Å²) in [6.07, 6.45) is 12.8. The molecular weight excluding hydrogens is 592 g/mol. The Morgan fingerprint density at radius 2 is 1.98 bits per heavy atom. The van der Waals surface area contributed by atoms with Crippen molar-refractivity contribution in [2.45, 2.75) is 111 Å². The van der Waals surface area contributed by atoms with Crippen LogP contribution < -0.4 is 0 Å². The van der Waals surface area contributed by atoms with Gasteiger partial charge in [-0.1, -0.05) is 67.6 Å². The highest BCUT2D eigenvalue weighted by Crippen LogP contribution is 2.68. The van der Waals surface area contributed by atoms with Gasteiger partial charge in [0.25, 0.3) is 0 Å². The molecule has 3 aliphatic heterocycles. The number of unbranched alkanes of at least 4 members (excludes halogenated alkanes) is 2. The number of aliphatic hydroxyl groups is 1. The van der Waals surface area contributed by atoms with E-state index < -0.39 is 28.7 Å². The maximum absolute atomic E-state index is 14.8. The van der Waals surface area contributed by atoms with Crippen molar-refractivity contribution in [1.82, 2.24) is 9.80 Å². The average Bonchev–Trinajstić information content (AvgIpc) is 3.55. The van der Waals surface area contributed by atoms with E-state index in [9.17, 15) is 19.5 Å². The lowest BCUT2D eigenvalue weighted by atomic mass is 9.71. The Kier molecular flexibility index (Phi) is 10.9. The largest absolute Gasteiger partial charge is 0.465 e. The van der Waals surface area contributed by atoms with Crippen molar-refractivity contribution in [3.63, 3.8) is 0 Å². The van der Waals surface area contributed by atoms with E-state index in [1.165, 1.54) is 6.42 Å². The molecule has 1 aliphatic carbocycles. The zero-order valence-corrected chi connectivity index (χ0v) is 26.5. The first-order valence-electron chi connectivity index (χ1n) is 15.2. The summed E-state index contributed by atoms with van der Waals surface area (Å²) in [5.41, 5.74) is 0. The number of ether oxygens (including phenoxy) is 1. The molecular formula is C31H47BrN2O5S. The zero-order valence-electron chi connectivity index (χ0n) is 24.1. The average molecular weight is 640 g/mol. The van der Waals surface area contributed by atoms with E-state index in [-0.39, 0.29) is 46.4 Å². The first kappa shape index (κ1) is 31.6. The smallest absolute Gasteiger partial charge is 0.310 e. The molecule has 2 bridgehead atoms. The second kappa shape index (κ2) is 13.8. The number of nitrogens with zero attached hydrogens (tertiary/aromatic N) is 2. The summed E-state index contributed by atoms with van der Waals surface area (Å²) in [4.78, 5) is 46.5. The number of allylic oxidation sites excluding steroid dienone is 1. The molecule has 1 N–H and O–H groups in total. The third-order valence-electron chi connectivity index (χ3n) is 9.75. The van der Waals surface area contributed by atoms with Gasteiger partial charge in [0.1, 0.15) is 6.04 Å². The lowest BCUT2D eigenvalue weighted by Crippen LogP contribution is -2.60. The van der Waals surface area contributed by atoms with Crippen LogP contribution in [0.4, 0.5) is 0 Å². The van der Waals surface area contributed by atoms with Crippen molar-refractivity contribution >= 4 is 45.5 Å². The second-order valence-corrected chi connectivity index (χ2v) is 14.8. The van der Waals surface area contributed by atoms with Crippen LogP contribution in [0.15, 0.2) is 25.3 Å². The normalized spacial score (nSPS) is 33.0. The molecule has 0 aromatic rings. The molecule has 0 aromatic carbocycles. The van der Waals surface area contributed by atoms with E-state index in [4.69, 9.17) is 4.74 Å². The van der Waals surface area contributed by atoms with Crippen molar-refractivity contribution < 1.29 is 24.2 Å². The highest BCUT2D eigenvalue weighted by Gasteiger charge is 2.77. The minimum absolute atomic E-state index is 0.000703. The minimum Gasteiger partial charge on any atom is -0.465 e. The summed E-state index contributed by atoms with van der Waals surface area (Å²) in [6, 6.07) is -1.12. The number of carbonyl (C=O) groups is 3. The SMILES string of the molecule is C=CCCCCOC(=O)[C@H]1[C@@H]2SC3(CC2Br)C(C(=O)N(CC=C)C2CCCCC2)N([C@@H](CO)[C@@H](C)CC)C(=O)[C@H]13. The molecule has 4 aliphatic rings. The number of alkyl halides is 1. The standard InChI is InChI=1S/C31H47BrN2O5S/c1-5-8-9-13-17-39-30(38)24-25-28(36)34(23(19-35)20(4)7-3)27(31(25)18-22(32)26(24)40-31)29(37)33(16-6-2)21-14-11-10-12-15-21/h5-6,20-27,35H,1-2,7-19H2,3-4H3/t20-,22?,23-,24+,25-,26+,27?,31?/m0/s1. The number of aliphatic hydroxyl groups excluding tert-OH is 1. The number of fused-ring (bicyclic) bond motifs is 1. The van der Waals surface area contributed by atoms with Crippen LogP contribution in [0.2, 0.25) is 0 Å². The first-order chi connectivity index (χ1) is 19.3. The van der Waals surface area contributed by atoms with Gasteiger partial charge in [-0.3, -0.25) is 14.4 Å². The summed E-state index contributed by atoms with van der Waals surface area (Å²) in [7, 11) is 0. The van der Waals surface area contributed by atoms with Gasteiger partial charge in [0.2, 0.25) is 11.8 Å². The first-order valence-corrected chi connectivity index (χ1v) is 17.0. The number of amides is 2. The predicted octanol–water partition coefficient (Wildman–Crippen LogP) is 5.10. The molecule has 40 heavy (non-hydrogen) atoms. The number of hydrogen-bond donors (Lipinski definition) is 1. The van der Waals surface area contributed by atoms with E-state index >= 15 is 0 Å². The van der Waals surface area contributed by atoms with E-state index in [2.05, 4.69) is 29.1 Å². The number of halogens is 1. The van der Waals surface area contributed by atoms with Crippen molar-refractivity contribution in [1.29, 1.82) is 0 Å². The second-order valence-electron chi connectivity index (χ2n) is 12.1. The van der Waals surface area contributed by atoms with E-state index in [1.54, 1.807) is 22.7 Å². The molecule has 1 spiro atoms. The van der Waals surface area contributed by atoms with Gasteiger partial charge in [-0.25, -0.2) is 0 Å². The van der Waals surface area contributed by atoms with Gasteiger partial charge in [0, 0.05) is 22.7 Å². The highest BCUT2D eigenvalue weighted by molar-refractivity contribution is 9.09. The molecule has 7 nitrogen and oxygen atoms in total. The van der Waals surface area contributed by atoms with Gasteiger partial charge in [-0.05, 0) is 44.4 Å². The van der Waals surface area contributed by atoms with Gasteiger partial charge < -0.3 is 19.6 Å². The summed E-state index contributed by atoms with van der Waals surface area (Å²) >= 11 is 5.47. The van der Waals surface area contributed by atoms with Gasteiger partial charge in [-0.2, -0.15) is 0 Å². The number of hydrogen-bond acceptors (Lipinski definition) is 6. The van der Waals surface area contributed by atoms with E-state index in [1.807, 2.05) is 24.8 Å². The Bertz CT molecular complexity index is 958. The van der Waals surface area contributed by atoms with Gasteiger partial charge in [0.05, 0.1) is 35.8 Å². The van der Waals surface area contributed by atoms with E-state index in [0.29, 0.717) is 19.6 Å². The van der Waals surface area contributed by atoms with Crippen molar-refractivity contribution in [3.8, 4) is 0 Å². The fourth-order valence-electron chi connectivity index (χ4n) is 7.56. The zero-order chi connectivity index (χ0) is 29.0.